The Morgan fingerprint density at radius 3 is 2.73 bits per heavy atom. The first kappa shape index (κ1) is 24.9. The number of nitrogens with zero attached hydrogens (tertiary/aromatic N) is 4. The largest absolute Gasteiger partial charge is 0.417 e. The fourth-order valence-corrected chi connectivity index (χ4v) is 4.02. The van der Waals surface area contributed by atoms with Crippen LogP contribution in [0, 0.1) is 6.92 Å². The van der Waals surface area contributed by atoms with Crippen molar-refractivity contribution in [2.75, 3.05) is 24.5 Å². The molecular formula is C18H23ClF3IN6S. The zero-order valence-electron chi connectivity index (χ0n) is 16.5. The van der Waals surface area contributed by atoms with E-state index in [2.05, 4.69) is 25.6 Å². The molecule has 6 nitrogen and oxygen atoms in total. The Bertz CT molecular complexity index is 876. The number of aliphatic imine (C=N–C) groups is 1. The molecular weight excluding hydrogens is 552 g/mol. The number of aryl methyl sites for hydroxylation is 1. The van der Waals surface area contributed by atoms with Gasteiger partial charge < -0.3 is 15.5 Å². The van der Waals surface area contributed by atoms with Crippen LogP contribution in [0.2, 0.25) is 5.02 Å². The van der Waals surface area contributed by atoms with E-state index in [4.69, 9.17) is 11.6 Å². The van der Waals surface area contributed by atoms with Crippen LogP contribution in [0.1, 0.15) is 28.8 Å². The van der Waals surface area contributed by atoms with Gasteiger partial charge in [-0.2, -0.15) is 13.2 Å². The molecule has 1 saturated heterocycles. The van der Waals surface area contributed by atoms with E-state index in [0.717, 1.165) is 28.6 Å². The fourth-order valence-electron chi connectivity index (χ4n) is 3.02. The highest BCUT2D eigenvalue weighted by Gasteiger charge is 2.33. The van der Waals surface area contributed by atoms with Crippen molar-refractivity contribution >= 4 is 58.7 Å². The summed E-state index contributed by atoms with van der Waals surface area (Å²) in [4.78, 5) is 15.9. The normalized spacial score (nSPS) is 17.1. The molecule has 0 aromatic carbocycles. The van der Waals surface area contributed by atoms with Gasteiger partial charge in [0, 0.05) is 42.9 Å². The molecule has 12 heteroatoms. The van der Waals surface area contributed by atoms with Gasteiger partial charge in [-0.1, -0.05) is 11.6 Å². The topological polar surface area (TPSA) is 65.4 Å². The number of pyridine rings is 1. The molecule has 166 valence electrons. The molecule has 1 fully saturated rings. The second kappa shape index (κ2) is 10.8. The standard InChI is InChI=1S/C18H22ClF3N6S.HI/c1-3-23-17(26-9-15-24-7-11(2)29-15)27-13-4-5-28(10-13)16-14(19)6-12(8-25-16)18(20,21)22;/h6-8,13H,3-5,9-10H2,1-2H3,(H2,23,26,27);1H. The number of anilines is 1. The molecule has 0 bridgehead atoms. The molecule has 3 rings (SSSR count). The predicted octanol–water partition coefficient (Wildman–Crippen LogP) is 4.47. The average molecular weight is 575 g/mol. The summed E-state index contributed by atoms with van der Waals surface area (Å²) >= 11 is 7.68. The van der Waals surface area contributed by atoms with E-state index in [0.29, 0.717) is 38.0 Å². The van der Waals surface area contributed by atoms with Crippen molar-refractivity contribution in [3.05, 3.63) is 38.9 Å². The van der Waals surface area contributed by atoms with E-state index in [1.54, 1.807) is 11.3 Å². The van der Waals surface area contributed by atoms with Crippen molar-refractivity contribution in [1.82, 2.24) is 20.6 Å². The molecule has 0 amide bonds. The summed E-state index contributed by atoms with van der Waals surface area (Å²) in [6, 6.07) is 0.998. The minimum absolute atomic E-state index is 0. The molecule has 0 aliphatic carbocycles. The van der Waals surface area contributed by atoms with E-state index >= 15 is 0 Å². The summed E-state index contributed by atoms with van der Waals surface area (Å²) in [7, 11) is 0. The number of thiazole rings is 1. The first-order chi connectivity index (χ1) is 13.8. The fraction of sp³-hybridized carbons (Fsp3) is 0.500. The lowest BCUT2D eigenvalue weighted by Gasteiger charge is -2.21. The van der Waals surface area contributed by atoms with Gasteiger partial charge in [-0.05, 0) is 26.3 Å². The quantitative estimate of drug-likeness (QED) is 0.314. The Morgan fingerprint density at radius 2 is 2.13 bits per heavy atom. The molecule has 1 atom stereocenters. The Hall–Kier alpha value is -1.34. The van der Waals surface area contributed by atoms with Crippen molar-refractivity contribution in [2.45, 2.75) is 39.0 Å². The third-order valence-corrected chi connectivity index (χ3v) is 5.54. The molecule has 2 aromatic rings. The van der Waals surface area contributed by atoms with E-state index in [9.17, 15) is 13.2 Å². The van der Waals surface area contributed by atoms with Crippen LogP contribution in [-0.2, 0) is 12.7 Å². The van der Waals surface area contributed by atoms with Crippen LogP contribution in [0.5, 0.6) is 0 Å². The smallest absolute Gasteiger partial charge is 0.357 e. The maximum Gasteiger partial charge on any atom is 0.417 e. The maximum absolute atomic E-state index is 12.8. The van der Waals surface area contributed by atoms with E-state index < -0.39 is 11.7 Å². The molecule has 30 heavy (non-hydrogen) atoms. The molecule has 3 heterocycles. The summed E-state index contributed by atoms with van der Waals surface area (Å²) in [6.07, 6.45) is -1.02. The summed E-state index contributed by atoms with van der Waals surface area (Å²) in [6.45, 7) is 6.39. The molecule has 1 aliphatic heterocycles. The zero-order valence-corrected chi connectivity index (χ0v) is 20.4. The number of hydrogen-bond donors (Lipinski definition) is 2. The lowest BCUT2D eigenvalue weighted by molar-refractivity contribution is -0.137. The predicted molar refractivity (Wildman–Crippen MR) is 125 cm³/mol. The van der Waals surface area contributed by atoms with Gasteiger partial charge in [0.1, 0.15) is 10.8 Å². The van der Waals surface area contributed by atoms with Crippen LogP contribution >= 0.6 is 46.9 Å². The number of rotatable bonds is 5. The molecule has 0 saturated carbocycles. The summed E-state index contributed by atoms with van der Waals surface area (Å²) in [5.41, 5.74) is -0.848. The zero-order chi connectivity index (χ0) is 21.0. The molecule has 0 radical (unpaired) electrons. The number of aromatic nitrogens is 2. The highest BCUT2D eigenvalue weighted by Crippen LogP contribution is 2.34. The molecule has 1 unspecified atom stereocenters. The van der Waals surface area contributed by atoms with Crippen molar-refractivity contribution < 1.29 is 13.2 Å². The van der Waals surface area contributed by atoms with Crippen LogP contribution in [-0.4, -0.2) is 41.6 Å². The highest BCUT2D eigenvalue weighted by atomic mass is 127. The van der Waals surface area contributed by atoms with Gasteiger partial charge in [-0.15, -0.1) is 35.3 Å². The van der Waals surface area contributed by atoms with Gasteiger partial charge in [0.2, 0.25) is 0 Å². The Morgan fingerprint density at radius 1 is 1.37 bits per heavy atom. The van der Waals surface area contributed by atoms with Crippen LogP contribution in [0.4, 0.5) is 19.0 Å². The molecule has 2 N–H and O–H groups in total. The summed E-state index contributed by atoms with van der Waals surface area (Å²) < 4.78 is 38.4. The van der Waals surface area contributed by atoms with Crippen molar-refractivity contribution in [2.24, 2.45) is 4.99 Å². The Balaban J connectivity index is 0.00000320. The Labute approximate surface area is 199 Å². The lowest BCUT2D eigenvalue weighted by Crippen LogP contribution is -2.44. The number of nitrogens with one attached hydrogen (secondary N) is 2. The van der Waals surface area contributed by atoms with Gasteiger partial charge in [0.15, 0.2) is 5.96 Å². The molecule has 0 spiro atoms. The number of guanidine groups is 1. The maximum atomic E-state index is 12.8. The van der Waals surface area contributed by atoms with Crippen molar-refractivity contribution in [3.63, 3.8) is 0 Å². The lowest BCUT2D eigenvalue weighted by atomic mass is 10.2. The minimum Gasteiger partial charge on any atom is -0.357 e. The van der Waals surface area contributed by atoms with Crippen LogP contribution in [0.3, 0.4) is 0 Å². The second-order valence-electron chi connectivity index (χ2n) is 6.66. The van der Waals surface area contributed by atoms with E-state index in [-0.39, 0.29) is 35.0 Å². The average Bonchev–Trinajstić information content (AvgIpc) is 3.28. The number of halogens is 5. The first-order valence-electron chi connectivity index (χ1n) is 9.20. The van der Waals surface area contributed by atoms with E-state index in [1.807, 2.05) is 24.9 Å². The minimum atomic E-state index is -4.46. The first-order valence-corrected chi connectivity index (χ1v) is 10.4. The SMILES string of the molecule is CCNC(=NCc1ncc(C)s1)NC1CCN(c2ncc(C(F)(F)F)cc2Cl)C1.I. The molecule has 2 aromatic heterocycles. The number of hydrogen-bond acceptors (Lipinski definition) is 5. The highest BCUT2D eigenvalue weighted by molar-refractivity contribution is 14.0. The third-order valence-electron chi connectivity index (χ3n) is 4.36. The van der Waals surface area contributed by atoms with Crippen LogP contribution < -0.4 is 15.5 Å². The van der Waals surface area contributed by atoms with Crippen LogP contribution in [0.25, 0.3) is 0 Å². The van der Waals surface area contributed by atoms with Gasteiger partial charge in [0.05, 0.1) is 17.1 Å². The second-order valence-corrected chi connectivity index (χ2v) is 8.39. The summed E-state index contributed by atoms with van der Waals surface area (Å²) in [5, 5.41) is 7.52. The van der Waals surface area contributed by atoms with Gasteiger partial charge in [-0.3, -0.25) is 0 Å². The summed E-state index contributed by atoms with van der Waals surface area (Å²) in [5.74, 6) is 1.04. The number of alkyl halides is 3. The monoisotopic (exact) mass is 574 g/mol. The van der Waals surface area contributed by atoms with E-state index in [1.165, 1.54) is 0 Å². The van der Waals surface area contributed by atoms with Gasteiger partial charge in [-0.25, -0.2) is 15.0 Å². The van der Waals surface area contributed by atoms with Crippen LogP contribution in [0.15, 0.2) is 23.5 Å². The Kier molecular flexibility index (Phi) is 8.98. The van der Waals surface area contributed by atoms with Crippen molar-refractivity contribution in [3.8, 4) is 0 Å². The van der Waals surface area contributed by atoms with Gasteiger partial charge in [0.25, 0.3) is 0 Å². The third kappa shape index (κ3) is 6.58. The molecule has 1 aliphatic rings. The van der Waals surface area contributed by atoms with Gasteiger partial charge >= 0.3 is 6.18 Å². The van der Waals surface area contributed by atoms with Crippen molar-refractivity contribution in [1.29, 1.82) is 0 Å².